The maximum atomic E-state index is 10.4. The SMILES string of the molecule is CC(=O)[O-].CC(=O)[O-].O=C1C=C(O)C(=O)C=C1O.[Mg+2]. The van der Waals surface area contributed by atoms with Crippen LogP contribution in [0.25, 0.3) is 0 Å². The van der Waals surface area contributed by atoms with Gasteiger partial charge in [0, 0.05) is 24.1 Å². The number of hydrogen-bond acceptors (Lipinski definition) is 8. The number of aliphatic carboxylic acids is 2. The summed E-state index contributed by atoms with van der Waals surface area (Å²) in [4.78, 5) is 38.7. The van der Waals surface area contributed by atoms with Crippen molar-refractivity contribution in [3.63, 3.8) is 0 Å². The van der Waals surface area contributed by atoms with Gasteiger partial charge in [-0.05, 0) is 13.8 Å². The van der Waals surface area contributed by atoms with Gasteiger partial charge in [0.05, 0.1) is 0 Å². The third kappa shape index (κ3) is 16.1. The molecule has 0 saturated carbocycles. The summed E-state index contributed by atoms with van der Waals surface area (Å²) in [5.74, 6) is -4.94. The molecular formula is C10H10MgO8. The number of carboxylic acid groups (broad SMARTS) is 2. The third-order valence-corrected chi connectivity index (χ3v) is 1.04. The van der Waals surface area contributed by atoms with Crippen molar-refractivity contribution in [1.29, 1.82) is 0 Å². The third-order valence-electron chi connectivity index (χ3n) is 1.04. The van der Waals surface area contributed by atoms with Gasteiger partial charge in [-0.25, -0.2) is 0 Å². The number of aliphatic hydroxyl groups excluding tert-OH is 2. The van der Waals surface area contributed by atoms with Crippen LogP contribution in [0.3, 0.4) is 0 Å². The Morgan fingerprint density at radius 1 is 0.895 bits per heavy atom. The first kappa shape index (κ1) is 22.3. The van der Waals surface area contributed by atoms with E-state index in [-0.39, 0.29) is 23.1 Å². The number of carbonyl (C=O) groups is 4. The van der Waals surface area contributed by atoms with E-state index in [0.29, 0.717) is 12.2 Å². The summed E-state index contributed by atoms with van der Waals surface area (Å²) in [6.07, 6.45) is 1.36. The molecule has 2 N–H and O–H groups in total. The summed E-state index contributed by atoms with van der Waals surface area (Å²) in [7, 11) is 0. The van der Waals surface area contributed by atoms with Crippen LogP contribution in [0.15, 0.2) is 23.7 Å². The van der Waals surface area contributed by atoms with E-state index in [1.807, 2.05) is 0 Å². The maximum absolute atomic E-state index is 10.4. The molecule has 1 rings (SSSR count). The van der Waals surface area contributed by atoms with Crippen molar-refractivity contribution >= 4 is 46.6 Å². The van der Waals surface area contributed by atoms with E-state index in [9.17, 15) is 9.59 Å². The zero-order chi connectivity index (χ0) is 14.9. The smallest absolute Gasteiger partial charge is 0.550 e. The molecule has 0 spiro atoms. The van der Waals surface area contributed by atoms with Crippen molar-refractivity contribution < 1.29 is 39.6 Å². The van der Waals surface area contributed by atoms with Crippen LogP contribution in [-0.4, -0.2) is 56.8 Å². The second-order valence-corrected chi connectivity index (χ2v) is 2.77. The Balaban J connectivity index is -0.000000242. The Labute approximate surface area is 124 Å². The Kier molecular flexibility index (Phi) is 13.2. The molecule has 1 aliphatic carbocycles. The number of carboxylic acids is 2. The summed E-state index contributed by atoms with van der Waals surface area (Å²) < 4.78 is 0. The first-order valence-electron chi connectivity index (χ1n) is 4.33. The standard InChI is InChI=1S/C6H4O4.2C2H4O2.Mg/c7-3-1-4(8)6(10)2-5(3)9;2*1-2(3)4;/h1-2,7,10H;2*1H3,(H,3,4);/q;;;+2/p-2. The fraction of sp³-hybridized carbons (Fsp3) is 0.200. The summed E-state index contributed by atoms with van der Waals surface area (Å²) in [6.45, 7) is 1.94. The summed E-state index contributed by atoms with van der Waals surface area (Å²) in [5, 5.41) is 35.0. The van der Waals surface area contributed by atoms with Crippen molar-refractivity contribution in [2.24, 2.45) is 0 Å². The van der Waals surface area contributed by atoms with Gasteiger partial charge >= 0.3 is 23.1 Å². The average Bonchev–Trinajstić information content (AvgIpc) is 2.13. The van der Waals surface area contributed by atoms with Crippen molar-refractivity contribution in [3.05, 3.63) is 23.7 Å². The van der Waals surface area contributed by atoms with Crippen LogP contribution in [-0.2, 0) is 19.2 Å². The van der Waals surface area contributed by atoms with E-state index in [0.717, 1.165) is 13.8 Å². The van der Waals surface area contributed by atoms with Gasteiger partial charge in [-0.2, -0.15) is 0 Å². The Morgan fingerprint density at radius 2 is 1.05 bits per heavy atom. The molecule has 0 aromatic heterocycles. The molecule has 19 heavy (non-hydrogen) atoms. The molecule has 0 aromatic carbocycles. The number of hydrogen-bond donors (Lipinski definition) is 2. The van der Waals surface area contributed by atoms with Crippen LogP contribution in [0, 0.1) is 0 Å². The maximum Gasteiger partial charge on any atom is 2.00 e. The van der Waals surface area contributed by atoms with Gasteiger partial charge in [-0.15, -0.1) is 0 Å². The van der Waals surface area contributed by atoms with Crippen molar-refractivity contribution in [2.45, 2.75) is 13.8 Å². The summed E-state index contributed by atoms with van der Waals surface area (Å²) in [5.41, 5.74) is 0. The Hall–Kier alpha value is -1.87. The second-order valence-electron chi connectivity index (χ2n) is 2.77. The van der Waals surface area contributed by atoms with E-state index in [2.05, 4.69) is 0 Å². The minimum absolute atomic E-state index is 0. The second kappa shape index (κ2) is 11.2. The molecule has 0 fully saturated rings. The molecule has 0 bridgehead atoms. The molecule has 1 aliphatic rings. The number of allylic oxidation sites excluding steroid dienone is 2. The fourth-order valence-electron chi connectivity index (χ4n) is 0.538. The molecule has 0 radical (unpaired) electrons. The molecular weight excluding hydrogens is 272 g/mol. The molecule has 100 valence electrons. The van der Waals surface area contributed by atoms with E-state index in [1.165, 1.54) is 0 Å². The van der Waals surface area contributed by atoms with Gasteiger partial charge in [-0.3, -0.25) is 9.59 Å². The van der Waals surface area contributed by atoms with Crippen molar-refractivity contribution in [2.75, 3.05) is 0 Å². The Morgan fingerprint density at radius 3 is 1.21 bits per heavy atom. The minimum Gasteiger partial charge on any atom is -0.550 e. The first-order chi connectivity index (χ1) is 8.07. The summed E-state index contributed by atoms with van der Waals surface area (Å²) in [6, 6.07) is 0. The van der Waals surface area contributed by atoms with Crippen LogP contribution in [0.2, 0.25) is 0 Å². The van der Waals surface area contributed by atoms with Crippen LogP contribution < -0.4 is 10.2 Å². The van der Waals surface area contributed by atoms with Gasteiger partial charge in [0.15, 0.2) is 11.5 Å². The molecule has 0 heterocycles. The van der Waals surface area contributed by atoms with E-state index in [1.54, 1.807) is 0 Å². The number of rotatable bonds is 0. The van der Waals surface area contributed by atoms with Gasteiger partial charge < -0.3 is 30.0 Å². The molecule has 8 nitrogen and oxygen atoms in total. The summed E-state index contributed by atoms with van der Waals surface area (Å²) >= 11 is 0. The van der Waals surface area contributed by atoms with Crippen LogP contribution in [0.5, 0.6) is 0 Å². The first-order valence-corrected chi connectivity index (χ1v) is 4.33. The van der Waals surface area contributed by atoms with Crippen LogP contribution in [0.1, 0.15) is 13.8 Å². The fourth-order valence-corrected chi connectivity index (χ4v) is 0.538. The molecule has 0 aromatic rings. The van der Waals surface area contributed by atoms with E-state index >= 15 is 0 Å². The zero-order valence-electron chi connectivity index (χ0n) is 10.2. The molecule has 0 aliphatic heterocycles. The van der Waals surface area contributed by atoms with E-state index in [4.69, 9.17) is 30.0 Å². The molecule has 0 saturated heterocycles. The van der Waals surface area contributed by atoms with Crippen LogP contribution >= 0.6 is 0 Å². The van der Waals surface area contributed by atoms with Crippen LogP contribution in [0.4, 0.5) is 0 Å². The number of carbonyl (C=O) groups excluding carboxylic acids is 4. The molecule has 9 heteroatoms. The van der Waals surface area contributed by atoms with Crippen molar-refractivity contribution in [1.82, 2.24) is 0 Å². The number of aliphatic hydroxyl groups is 2. The predicted molar refractivity (Wildman–Crippen MR) is 58.6 cm³/mol. The van der Waals surface area contributed by atoms with Gasteiger partial charge in [-0.1, -0.05) is 0 Å². The Bertz CT molecular complexity index is 373. The van der Waals surface area contributed by atoms with Crippen molar-refractivity contribution in [3.8, 4) is 0 Å². The monoisotopic (exact) mass is 282 g/mol. The largest absolute Gasteiger partial charge is 2.00 e. The molecule has 0 atom stereocenters. The number of ketones is 2. The quantitative estimate of drug-likeness (QED) is 0.355. The van der Waals surface area contributed by atoms with E-state index < -0.39 is 35.0 Å². The minimum atomic E-state index is -1.08. The van der Waals surface area contributed by atoms with Gasteiger partial charge in [0.1, 0.15) is 0 Å². The average molecular weight is 282 g/mol. The normalized spacial score (nSPS) is 12.3. The van der Waals surface area contributed by atoms with Gasteiger partial charge in [0.2, 0.25) is 11.6 Å². The molecule has 0 amide bonds. The topological polar surface area (TPSA) is 155 Å². The zero-order valence-corrected chi connectivity index (χ0v) is 11.6. The van der Waals surface area contributed by atoms with Gasteiger partial charge in [0.25, 0.3) is 0 Å². The predicted octanol–water partition coefficient (Wildman–Crippen LogP) is -2.85. The molecule has 0 unspecified atom stereocenters.